The average molecular weight is 244 g/mol. The van der Waals surface area contributed by atoms with Gasteiger partial charge in [-0.1, -0.05) is 0 Å². The Morgan fingerprint density at radius 2 is 2.19 bits per heavy atom. The van der Waals surface area contributed by atoms with Gasteiger partial charge in [-0.25, -0.2) is 8.42 Å². The monoisotopic (exact) mass is 244 g/mol. The second kappa shape index (κ2) is 4.27. The van der Waals surface area contributed by atoms with E-state index >= 15 is 0 Å². The van der Waals surface area contributed by atoms with Crippen molar-refractivity contribution in [2.24, 2.45) is 0 Å². The highest BCUT2D eigenvalue weighted by molar-refractivity contribution is 7.92. The van der Waals surface area contributed by atoms with Gasteiger partial charge in [-0.2, -0.15) is 0 Å². The highest BCUT2D eigenvalue weighted by Gasteiger charge is 2.21. The average Bonchev–Trinajstić information content (AvgIpc) is 2.16. The van der Waals surface area contributed by atoms with Gasteiger partial charge in [0.2, 0.25) is 0 Å². The smallest absolute Gasteiger partial charge is 0.319 e. The van der Waals surface area contributed by atoms with E-state index in [1.165, 1.54) is 0 Å². The topological polar surface area (TPSA) is 115 Å². The van der Waals surface area contributed by atoms with Crippen molar-refractivity contribution in [3.63, 3.8) is 0 Å². The van der Waals surface area contributed by atoms with Gasteiger partial charge in [0.1, 0.15) is 0 Å². The summed E-state index contributed by atoms with van der Waals surface area (Å²) in [7, 11) is -4.08. The Hall–Kier alpha value is -1.96. The Labute approximate surface area is 90.4 Å². The summed E-state index contributed by atoms with van der Waals surface area (Å²) in [6, 6.07) is 5.16. The number of aliphatic carboxylic acids is 1. The van der Waals surface area contributed by atoms with Crippen LogP contribution < -0.4 is 0 Å². The summed E-state index contributed by atoms with van der Waals surface area (Å²) in [6.45, 7) is 0. The Bertz CT molecular complexity index is 535. The third-order valence-corrected chi connectivity index (χ3v) is 3.15. The van der Waals surface area contributed by atoms with Crippen LogP contribution in [0, 0.1) is 16.2 Å². The fraction of sp³-hybridized carbons (Fsp3) is 0.125. The summed E-state index contributed by atoms with van der Waals surface area (Å²) in [5, 5.41) is 18.7. The van der Waals surface area contributed by atoms with Crippen molar-refractivity contribution in [2.75, 3.05) is 5.75 Å². The van der Waals surface area contributed by atoms with Crippen LogP contribution in [0.3, 0.4) is 0 Å². The van der Waals surface area contributed by atoms with Gasteiger partial charge in [-0.05, 0) is 6.07 Å². The molecule has 7 nitrogen and oxygen atoms in total. The third-order valence-electron chi connectivity index (χ3n) is 1.62. The summed E-state index contributed by atoms with van der Waals surface area (Å²) >= 11 is 0. The van der Waals surface area contributed by atoms with Crippen LogP contribution in [0.5, 0.6) is 0 Å². The molecule has 0 fully saturated rings. The minimum Gasteiger partial charge on any atom is -0.480 e. The summed E-state index contributed by atoms with van der Waals surface area (Å²) < 4.78 is 22.8. The van der Waals surface area contributed by atoms with Gasteiger partial charge in [0.05, 0.1) is 9.82 Å². The molecule has 0 bridgehead atoms. The Morgan fingerprint density at radius 1 is 1.56 bits per heavy atom. The zero-order valence-corrected chi connectivity index (χ0v) is 8.60. The quantitative estimate of drug-likeness (QED) is 0.599. The van der Waals surface area contributed by atoms with Crippen molar-refractivity contribution >= 4 is 21.5 Å². The van der Waals surface area contributed by atoms with E-state index in [2.05, 4.69) is 6.07 Å². The maximum absolute atomic E-state index is 11.4. The van der Waals surface area contributed by atoms with Gasteiger partial charge in [0.25, 0.3) is 5.69 Å². The van der Waals surface area contributed by atoms with Gasteiger partial charge >= 0.3 is 5.97 Å². The van der Waals surface area contributed by atoms with Gasteiger partial charge in [-0.3, -0.25) is 14.9 Å². The first kappa shape index (κ1) is 12.1. The number of nitro groups is 1. The number of nitro benzene ring substituents is 1. The molecule has 16 heavy (non-hydrogen) atoms. The van der Waals surface area contributed by atoms with Crippen LogP contribution in [0.4, 0.5) is 5.69 Å². The molecule has 0 amide bonds. The predicted molar refractivity (Wildman–Crippen MR) is 51.6 cm³/mol. The molecule has 1 rings (SSSR count). The third kappa shape index (κ3) is 2.76. The van der Waals surface area contributed by atoms with Gasteiger partial charge < -0.3 is 5.11 Å². The molecule has 0 spiro atoms. The predicted octanol–water partition coefficient (Wildman–Crippen LogP) is 0.253. The molecule has 0 atom stereocenters. The second-order valence-corrected chi connectivity index (χ2v) is 4.78. The number of carboxylic acids is 1. The van der Waals surface area contributed by atoms with Crippen LogP contribution in [0.1, 0.15) is 0 Å². The maximum atomic E-state index is 11.4. The molecule has 8 heteroatoms. The number of non-ortho nitro benzene ring substituents is 1. The summed E-state index contributed by atoms with van der Waals surface area (Å²) in [5.41, 5.74) is -0.428. The zero-order chi connectivity index (χ0) is 12.3. The first-order valence-corrected chi connectivity index (χ1v) is 5.59. The van der Waals surface area contributed by atoms with Crippen molar-refractivity contribution < 1.29 is 23.2 Å². The van der Waals surface area contributed by atoms with Crippen molar-refractivity contribution in [1.29, 1.82) is 0 Å². The summed E-state index contributed by atoms with van der Waals surface area (Å²) in [4.78, 5) is 19.4. The van der Waals surface area contributed by atoms with Crippen LogP contribution in [0.25, 0.3) is 0 Å². The van der Waals surface area contributed by atoms with E-state index in [0.29, 0.717) is 0 Å². The molecule has 1 aromatic carbocycles. The second-order valence-electron chi connectivity index (χ2n) is 2.82. The highest BCUT2D eigenvalue weighted by atomic mass is 32.2. The molecule has 0 unspecified atom stereocenters. The van der Waals surface area contributed by atoms with Gasteiger partial charge in [-0.15, -0.1) is 0 Å². The van der Waals surface area contributed by atoms with Crippen molar-refractivity contribution in [1.82, 2.24) is 0 Å². The molecule has 1 N–H and O–H groups in total. The van der Waals surface area contributed by atoms with E-state index in [0.717, 1.165) is 18.2 Å². The maximum Gasteiger partial charge on any atom is 0.319 e. The zero-order valence-electron chi connectivity index (χ0n) is 7.78. The van der Waals surface area contributed by atoms with Crippen LogP contribution in [0.2, 0.25) is 0 Å². The van der Waals surface area contributed by atoms with Crippen molar-refractivity contribution in [3.8, 4) is 0 Å². The number of sulfone groups is 1. The molecule has 1 radical (unpaired) electrons. The van der Waals surface area contributed by atoms with Crippen LogP contribution >= 0.6 is 0 Å². The largest absolute Gasteiger partial charge is 0.480 e. The lowest BCUT2D eigenvalue weighted by Crippen LogP contribution is -2.15. The minimum atomic E-state index is -4.08. The molecule has 0 saturated carbocycles. The molecule has 85 valence electrons. The first-order chi connectivity index (χ1) is 7.33. The van der Waals surface area contributed by atoms with E-state index in [9.17, 15) is 23.3 Å². The van der Waals surface area contributed by atoms with E-state index < -0.39 is 37.1 Å². The van der Waals surface area contributed by atoms with Crippen LogP contribution in [0.15, 0.2) is 23.1 Å². The number of carboxylic acid groups (broad SMARTS) is 1. The molecular formula is C8H6NO6S. The number of carbonyl (C=O) groups is 1. The lowest BCUT2D eigenvalue weighted by Gasteiger charge is -2.00. The van der Waals surface area contributed by atoms with Gasteiger partial charge in [0.15, 0.2) is 15.6 Å². The molecular weight excluding hydrogens is 238 g/mol. The fourth-order valence-electron chi connectivity index (χ4n) is 0.967. The molecule has 0 aliphatic rings. The minimum absolute atomic E-state index is 0.428. The Morgan fingerprint density at radius 3 is 2.69 bits per heavy atom. The lowest BCUT2D eigenvalue weighted by atomic mass is 10.3. The van der Waals surface area contributed by atoms with E-state index in [1.54, 1.807) is 0 Å². The number of rotatable bonds is 4. The number of nitrogens with zero attached hydrogens (tertiary/aromatic N) is 1. The first-order valence-electron chi connectivity index (χ1n) is 3.93. The summed E-state index contributed by atoms with van der Waals surface area (Å²) in [6.07, 6.45) is 0. The molecule has 0 aromatic heterocycles. The van der Waals surface area contributed by atoms with Gasteiger partial charge in [0, 0.05) is 18.2 Å². The number of hydrogen-bond donors (Lipinski definition) is 1. The number of hydrogen-bond acceptors (Lipinski definition) is 5. The van der Waals surface area contributed by atoms with E-state index in [1.807, 2.05) is 0 Å². The van der Waals surface area contributed by atoms with Crippen LogP contribution in [-0.2, 0) is 14.6 Å². The van der Waals surface area contributed by atoms with Crippen molar-refractivity contribution in [3.05, 3.63) is 34.4 Å². The van der Waals surface area contributed by atoms with E-state index in [4.69, 9.17) is 5.11 Å². The number of benzene rings is 1. The molecule has 1 aromatic rings. The van der Waals surface area contributed by atoms with Crippen molar-refractivity contribution in [2.45, 2.75) is 4.90 Å². The van der Waals surface area contributed by atoms with E-state index in [-0.39, 0.29) is 0 Å². The SMILES string of the molecule is O=C(O)CS(=O)(=O)c1[c]ccc([N+](=O)[O-])c1. The normalized spacial score (nSPS) is 11.0. The Balaban J connectivity index is 3.19. The Kier molecular flexibility index (Phi) is 3.23. The molecule has 0 aliphatic heterocycles. The standard InChI is InChI=1S/C8H6NO6S/c10-8(11)5-16(14,15)7-3-1-2-6(4-7)9(12)13/h1-2,4H,5H2,(H,10,11). The molecule has 0 saturated heterocycles. The summed E-state index contributed by atoms with van der Waals surface area (Å²) in [5.74, 6) is -2.65. The molecule has 0 heterocycles. The highest BCUT2D eigenvalue weighted by Crippen LogP contribution is 2.17. The lowest BCUT2D eigenvalue weighted by molar-refractivity contribution is -0.385. The van der Waals surface area contributed by atoms with Crippen LogP contribution in [-0.4, -0.2) is 30.2 Å². The molecule has 0 aliphatic carbocycles. The fourth-order valence-corrected chi connectivity index (χ4v) is 2.00.